The normalized spacial score (nSPS) is 21.3. The number of carbonyl (C=O) groups excluding carboxylic acids is 3. The Bertz CT molecular complexity index is 3440. The van der Waals surface area contributed by atoms with Crippen LogP contribution in [0.3, 0.4) is 0 Å². The Kier molecular flexibility index (Phi) is 25.5. The van der Waals surface area contributed by atoms with Gasteiger partial charge in [0.2, 0.25) is 39.5 Å². The summed E-state index contributed by atoms with van der Waals surface area (Å²) in [5.74, 6) is 1.44. The van der Waals surface area contributed by atoms with Crippen molar-refractivity contribution in [2.75, 3.05) is 86.5 Å². The lowest BCUT2D eigenvalue weighted by Gasteiger charge is -2.31. The number of carboxylic acid groups (broad SMARTS) is 1. The van der Waals surface area contributed by atoms with Crippen molar-refractivity contribution in [2.45, 2.75) is 138 Å². The molecular formula is C65H87N5O23S2. The van der Waals surface area contributed by atoms with E-state index in [1.807, 2.05) is 27.7 Å². The molecule has 0 saturated carbocycles. The fourth-order valence-corrected chi connectivity index (χ4v) is 14.9. The molecule has 0 unspecified atom stereocenters. The average Bonchev–Trinajstić information content (AvgIpc) is 1.82. The van der Waals surface area contributed by atoms with Crippen molar-refractivity contribution in [2.24, 2.45) is 23.7 Å². The number of aliphatic carboxylic acids is 1. The summed E-state index contributed by atoms with van der Waals surface area (Å²) in [6, 6.07) is 21.0. The van der Waals surface area contributed by atoms with E-state index < -0.39 is 87.3 Å². The molecule has 0 aromatic heterocycles. The molecule has 4 aromatic rings. The predicted octanol–water partition coefficient (Wildman–Crippen LogP) is 5.19. The molecule has 6 aliphatic rings. The predicted molar refractivity (Wildman–Crippen MR) is 338 cm³/mol. The zero-order valence-electron chi connectivity index (χ0n) is 53.9. The van der Waals surface area contributed by atoms with E-state index in [1.54, 1.807) is 61.6 Å². The van der Waals surface area contributed by atoms with Gasteiger partial charge in [0.15, 0.2) is 35.6 Å². The number of benzene rings is 4. The minimum Gasteiger partial charge on any atom is -0.494 e. The van der Waals surface area contributed by atoms with E-state index in [-0.39, 0.29) is 118 Å². The van der Waals surface area contributed by atoms with Crippen LogP contribution >= 0.6 is 0 Å². The summed E-state index contributed by atoms with van der Waals surface area (Å²) in [5.41, 5.74) is 1.49. The van der Waals surface area contributed by atoms with E-state index in [0.29, 0.717) is 86.4 Å². The van der Waals surface area contributed by atoms with E-state index in [9.17, 15) is 46.2 Å². The number of sulfonamides is 2. The number of aliphatic hydroxyl groups excluding tert-OH is 2. The van der Waals surface area contributed by atoms with Crippen LogP contribution in [0.15, 0.2) is 94.7 Å². The van der Waals surface area contributed by atoms with Crippen LogP contribution in [0.2, 0.25) is 0 Å². The van der Waals surface area contributed by atoms with Gasteiger partial charge in [-0.15, -0.1) is 0 Å². The Morgan fingerprint density at radius 2 is 0.968 bits per heavy atom. The third kappa shape index (κ3) is 19.9. The maximum absolute atomic E-state index is 13.9. The van der Waals surface area contributed by atoms with Crippen molar-refractivity contribution in [1.82, 2.24) is 24.6 Å². The third-order valence-electron chi connectivity index (χ3n) is 16.6. The van der Waals surface area contributed by atoms with Crippen LogP contribution in [-0.4, -0.2) is 200 Å². The van der Waals surface area contributed by atoms with Gasteiger partial charge in [-0.05, 0) is 110 Å². The van der Waals surface area contributed by atoms with Crippen molar-refractivity contribution >= 4 is 44.1 Å². The van der Waals surface area contributed by atoms with Gasteiger partial charge in [-0.25, -0.2) is 26.4 Å². The van der Waals surface area contributed by atoms with Crippen molar-refractivity contribution in [3.8, 4) is 34.5 Å². The molecule has 4 saturated heterocycles. The fraction of sp³-hybridized carbons (Fsp3) is 0.569. The summed E-state index contributed by atoms with van der Waals surface area (Å²) in [6.07, 6.45) is -3.00. The highest BCUT2D eigenvalue weighted by molar-refractivity contribution is 7.89. The highest BCUT2D eigenvalue weighted by Gasteiger charge is 2.46. The first-order valence-corrected chi connectivity index (χ1v) is 34.8. The van der Waals surface area contributed by atoms with Gasteiger partial charge in [-0.3, -0.25) is 9.59 Å². The van der Waals surface area contributed by atoms with Crippen LogP contribution in [0, 0.1) is 23.7 Å². The van der Waals surface area contributed by atoms with Crippen LogP contribution < -0.4 is 44.4 Å². The Labute approximate surface area is 553 Å². The minimum absolute atomic E-state index is 0.000950. The molecule has 0 radical (unpaired) electrons. The molecule has 3 amide bonds. The van der Waals surface area contributed by atoms with Crippen molar-refractivity contribution in [3.05, 3.63) is 96.1 Å². The molecule has 0 aliphatic carbocycles. The molecule has 522 valence electrons. The molecule has 6 aliphatic heterocycles. The third-order valence-corrected chi connectivity index (χ3v) is 20.2. The number of fused-ring (bicyclic) bond motifs is 4. The number of alkyl carbamates (subject to hydrolysis) is 2. The standard InChI is InChI=1S/C33H45N3O11S.C32H42N2O12S/c1-21(2)17-36(48(40,41)24-10-11-28-29(16-24)46-20-45-28)18-27(37)26(35-33(39)47-30-19-44-32-25(30)12-14-43-32)15-22-6-8-23(9-7-22)42-13-4-5-31(38)34-3;1-20(2)16-34(47(39,40)23-9-10-27-28(15-23)45-19-44-27)17-26(35)25(33-32(38)46-29-18-43-31-24(29)11-13-42-31)14-21-5-7-22(8-6-21)41-12-3-4-30(36)37/h6-11,16,21,25-27,30,32,37H,4-5,12-15,17-20H2,1-3H3,(H,34,38)(H,35,39);5-10,15,20,24-26,29,31,35H,3-4,11-14,16-19H2,1-2H3,(H,33,38)(H,36,37)/t25-,26-,27+,30+,32+;24-,25-,26+,29-,31+/m00/s1. The van der Waals surface area contributed by atoms with Gasteiger partial charge in [0, 0.05) is 58.2 Å². The van der Waals surface area contributed by atoms with E-state index >= 15 is 0 Å². The summed E-state index contributed by atoms with van der Waals surface area (Å²) in [6.45, 7) is 9.18. The number of hydrogen-bond donors (Lipinski definition) is 6. The van der Waals surface area contributed by atoms with E-state index in [2.05, 4.69) is 16.0 Å². The van der Waals surface area contributed by atoms with Crippen LogP contribution in [0.25, 0.3) is 0 Å². The topological polar surface area (TPSA) is 351 Å². The first-order valence-electron chi connectivity index (χ1n) is 31.9. The largest absolute Gasteiger partial charge is 0.494 e. The van der Waals surface area contributed by atoms with Crippen molar-refractivity contribution < 1.29 is 108 Å². The first kappa shape index (κ1) is 72.0. The van der Waals surface area contributed by atoms with Crippen LogP contribution in [0.4, 0.5) is 9.59 Å². The van der Waals surface area contributed by atoms with Gasteiger partial charge in [0.25, 0.3) is 0 Å². The SMILES string of the molecule is CC(C)CN(C[C@@H](O)[C@H](Cc1ccc(OCCCC(=O)O)cc1)NC(=O)O[C@H]1CO[C@H]2OCC[C@H]21)S(=O)(=O)c1ccc2c(c1)OCO2.CNC(=O)CCCOc1ccc(C[C@H](NC(=O)O[C@@H]2CO[C@H]3OCC[C@H]32)[C@H](O)CN(CC(C)C)S(=O)(=O)c2ccc3c(c2)OCO3)cc1. The monoisotopic (exact) mass is 1370 g/mol. The molecular weight excluding hydrogens is 1280 g/mol. The summed E-state index contributed by atoms with van der Waals surface area (Å²) >= 11 is 0. The number of carboxylic acids is 1. The quantitative estimate of drug-likeness (QED) is 0.0342. The smallest absolute Gasteiger partial charge is 0.407 e. The van der Waals surface area contributed by atoms with Crippen LogP contribution in [-0.2, 0) is 70.9 Å². The summed E-state index contributed by atoms with van der Waals surface area (Å²) < 4.78 is 124. The first-order chi connectivity index (χ1) is 45.5. The summed E-state index contributed by atoms with van der Waals surface area (Å²) in [4.78, 5) is 48.6. The number of aliphatic hydroxyl groups is 2. The second kappa shape index (κ2) is 33.6. The van der Waals surface area contributed by atoms with E-state index in [0.717, 1.165) is 11.1 Å². The number of amides is 3. The molecule has 6 N–H and O–H groups in total. The highest BCUT2D eigenvalue weighted by Crippen LogP contribution is 2.38. The minimum atomic E-state index is -4.09. The molecule has 10 atom stereocenters. The van der Waals surface area contributed by atoms with Crippen LogP contribution in [0.5, 0.6) is 34.5 Å². The Morgan fingerprint density at radius 3 is 1.37 bits per heavy atom. The molecule has 4 aromatic carbocycles. The van der Waals surface area contributed by atoms with E-state index in [1.165, 1.54) is 38.9 Å². The lowest BCUT2D eigenvalue weighted by molar-refractivity contribution is -0.137. The Morgan fingerprint density at radius 1 is 0.558 bits per heavy atom. The fourth-order valence-electron chi connectivity index (χ4n) is 11.6. The van der Waals surface area contributed by atoms with Gasteiger partial charge in [0.1, 0.15) is 23.7 Å². The number of nitrogens with one attached hydrogen (secondary N) is 3. The molecule has 28 nitrogen and oxygen atoms in total. The Balaban J connectivity index is 0.000000223. The summed E-state index contributed by atoms with van der Waals surface area (Å²) in [7, 11) is -6.58. The number of hydrogen-bond acceptors (Lipinski definition) is 22. The number of carbonyl (C=O) groups is 4. The van der Waals surface area contributed by atoms with Gasteiger partial charge in [-0.2, -0.15) is 8.61 Å². The lowest BCUT2D eigenvalue weighted by Crippen LogP contribution is -2.51. The van der Waals surface area contributed by atoms with Gasteiger partial charge in [-0.1, -0.05) is 52.0 Å². The molecule has 6 heterocycles. The Hall–Kier alpha value is -7.26. The molecule has 10 rings (SSSR count). The number of rotatable bonds is 32. The second-order valence-electron chi connectivity index (χ2n) is 24.7. The number of ether oxygens (including phenoxy) is 12. The van der Waals surface area contributed by atoms with E-state index in [4.69, 9.17) is 61.9 Å². The summed E-state index contributed by atoms with van der Waals surface area (Å²) in [5, 5.41) is 40.2. The van der Waals surface area contributed by atoms with Crippen molar-refractivity contribution in [3.63, 3.8) is 0 Å². The molecule has 4 fully saturated rings. The van der Waals surface area contributed by atoms with Crippen molar-refractivity contribution in [1.29, 1.82) is 0 Å². The number of nitrogens with zero attached hydrogens (tertiary/aromatic N) is 2. The molecule has 95 heavy (non-hydrogen) atoms. The van der Waals surface area contributed by atoms with Gasteiger partial charge >= 0.3 is 18.2 Å². The highest BCUT2D eigenvalue weighted by atomic mass is 32.2. The van der Waals surface area contributed by atoms with Gasteiger partial charge < -0.3 is 88.1 Å². The van der Waals surface area contributed by atoms with Crippen LogP contribution in [0.1, 0.15) is 77.3 Å². The van der Waals surface area contributed by atoms with Gasteiger partial charge in [0.05, 0.1) is 85.6 Å². The zero-order valence-corrected chi connectivity index (χ0v) is 55.5. The molecule has 0 spiro atoms. The molecule has 30 heteroatoms. The maximum Gasteiger partial charge on any atom is 0.407 e. The second-order valence-corrected chi connectivity index (χ2v) is 28.6. The zero-order chi connectivity index (χ0) is 67.8. The molecule has 0 bridgehead atoms. The lowest BCUT2D eigenvalue weighted by atomic mass is 10.0. The maximum atomic E-state index is 13.9. The average molecular weight is 1370 g/mol.